The maximum absolute atomic E-state index is 13.0. The summed E-state index contributed by atoms with van der Waals surface area (Å²) in [5, 5.41) is 5.57. The van der Waals surface area contributed by atoms with Crippen molar-refractivity contribution in [3.05, 3.63) is 107 Å². The number of carbonyl (C=O) groups is 1. The van der Waals surface area contributed by atoms with Crippen molar-refractivity contribution in [2.45, 2.75) is 13.3 Å². The van der Waals surface area contributed by atoms with Gasteiger partial charge in [-0.1, -0.05) is 56.0 Å². The van der Waals surface area contributed by atoms with Crippen molar-refractivity contribution in [1.82, 2.24) is 19.2 Å². The molecule has 2 aromatic carbocycles. The Kier molecular flexibility index (Phi) is 6.22. The molecule has 3 heterocycles. The van der Waals surface area contributed by atoms with Crippen LogP contribution in [0.25, 0.3) is 28.2 Å². The van der Waals surface area contributed by atoms with E-state index in [4.69, 9.17) is 11.5 Å². The maximum Gasteiger partial charge on any atom is 0.263 e. The van der Waals surface area contributed by atoms with Crippen LogP contribution in [0, 0.1) is 0 Å². The fraction of sp³-hybridized carbons (Fsp3) is 0.0769. The standard InChI is InChI=1S/C19H17NO.C7H7N5O/c1-3-14-9-8-10-15-13-16(4-2)20(19(21)18(14)15)17-11-6-5-7-12-17;8-5-4(6(9)13)7-10-2-1-3-12(7)11-5/h3,5-13H,1,4H2,2H3;1-3H,(H2,8,11)(H2,9,13). The fourth-order valence-corrected chi connectivity index (χ4v) is 3.87. The van der Waals surface area contributed by atoms with Crippen molar-refractivity contribution >= 4 is 34.2 Å². The molecule has 170 valence electrons. The van der Waals surface area contributed by atoms with Gasteiger partial charge in [0.25, 0.3) is 11.5 Å². The number of hydrogen-bond donors (Lipinski definition) is 2. The first-order chi connectivity index (χ1) is 16.5. The Labute approximate surface area is 195 Å². The number of benzene rings is 2. The van der Waals surface area contributed by atoms with Crippen LogP contribution in [-0.2, 0) is 6.42 Å². The third-order valence-corrected chi connectivity index (χ3v) is 5.42. The summed E-state index contributed by atoms with van der Waals surface area (Å²) < 4.78 is 3.21. The molecular formula is C26H24N6O2. The molecule has 5 rings (SSSR count). The van der Waals surface area contributed by atoms with E-state index in [9.17, 15) is 9.59 Å². The van der Waals surface area contributed by atoms with Crippen molar-refractivity contribution in [3.63, 3.8) is 0 Å². The second kappa shape index (κ2) is 9.41. The lowest BCUT2D eigenvalue weighted by atomic mass is 10.0. The number of nitrogens with two attached hydrogens (primary N) is 2. The molecule has 0 radical (unpaired) electrons. The largest absolute Gasteiger partial charge is 0.381 e. The van der Waals surface area contributed by atoms with Crippen LogP contribution in [0.2, 0.25) is 0 Å². The summed E-state index contributed by atoms with van der Waals surface area (Å²) in [6, 6.07) is 19.4. The monoisotopic (exact) mass is 452 g/mol. The zero-order chi connectivity index (χ0) is 24.2. The molecule has 0 saturated heterocycles. The van der Waals surface area contributed by atoms with Gasteiger partial charge in [0.2, 0.25) is 0 Å². The Morgan fingerprint density at radius 3 is 2.56 bits per heavy atom. The van der Waals surface area contributed by atoms with Gasteiger partial charge in [-0.25, -0.2) is 9.50 Å². The summed E-state index contributed by atoms with van der Waals surface area (Å²) in [6.45, 7) is 5.89. The van der Waals surface area contributed by atoms with Gasteiger partial charge in [0, 0.05) is 23.8 Å². The Morgan fingerprint density at radius 1 is 1.12 bits per heavy atom. The van der Waals surface area contributed by atoms with E-state index in [0.29, 0.717) is 5.65 Å². The van der Waals surface area contributed by atoms with Crippen molar-refractivity contribution in [2.24, 2.45) is 5.73 Å². The summed E-state index contributed by atoms with van der Waals surface area (Å²) >= 11 is 0. The fourth-order valence-electron chi connectivity index (χ4n) is 3.87. The number of para-hydroxylation sites is 1. The third-order valence-electron chi connectivity index (χ3n) is 5.42. The van der Waals surface area contributed by atoms with Gasteiger partial charge in [-0.2, -0.15) is 0 Å². The lowest BCUT2D eigenvalue weighted by molar-refractivity contribution is 0.100. The van der Waals surface area contributed by atoms with Gasteiger partial charge >= 0.3 is 0 Å². The molecule has 0 saturated carbocycles. The number of nitrogen functional groups attached to an aromatic ring is 1. The lowest BCUT2D eigenvalue weighted by Gasteiger charge is -2.14. The first kappa shape index (κ1) is 22.5. The first-order valence-corrected chi connectivity index (χ1v) is 10.7. The van der Waals surface area contributed by atoms with Crippen LogP contribution in [-0.4, -0.2) is 25.1 Å². The number of hydrogen-bond acceptors (Lipinski definition) is 5. The number of carbonyl (C=O) groups excluding carboxylic acids is 1. The first-order valence-electron chi connectivity index (χ1n) is 10.7. The highest BCUT2D eigenvalue weighted by Crippen LogP contribution is 2.20. The number of amides is 1. The molecule has 0 spiro atoms. The molecule has 8 nitrogen and oxygen atoms in total. The summed E-state index contributed by atoms with van der Waals surface area (Å²) in [5.41, 5.74) is 14.0. The number of pyridine rings is 1. The van der Waals surface area contributed by atoms with Gasteiger partial charge in [0.05, 0.1) is 5.39 Å². The summed E-state index contributed by atoms with van der Waals surface area (Å²) in [6.07, 6.45) is 5.73. The second-order valence-corrected chi connectivity index (χ2v) is 7.49. The minimum Gasteiger partial charge on any atom is -0.381 e. The van der Waals surface area contributed by atoms with Crippen molar-refractivity contribution in [2.75, 3.05) is 5.73 Å². The van der Waals surface area contributed by atoms with E-state index < -0.39 is 5.91 Å². The number of aryl methyl sites for hydroxylation is 1. The molecule has 0 aliphatic carbocycles. The van der Waals surface area contributed by atoms with Gasteiger partial charge in [0.1, 0.15) is 5.56 Å². The van der Waals surface area contributed by atoms with E-state index in [1.165, 1.54) is 4.52 Å². The van der Waals surface area contributed by atoms with E-state index in [-0.39, 0.29) is 16.9 Å². The molecule has 3 aromatic heterocycles. The van der Waals surface area contributed by atoms with Crippen LogP contribution >= 0.6 is 0 Å². The minimum atomic E-state index is -0.619. The van der Waals surface area contributed by atoms with E-state index in [0.717, 1.165) is 34.1 Å². The van der Waals surface area contributed by atoms with Gasteiger partial charge in [-0.05, 0) is 41.6 Å². The number of rotatable bonds is 4. The Morgan fingerprint density at radius 2 is 1.88 bits per heavy atom. The number of fused-ring (bicyclic) bond motifs is 2. The Hall–Kier alpha value is -4.72. The lowest BCUT2D eigenvalue weighted by Crippen LogP contribution is -2.22. The van der Waals surface area contributed by atoms with Crippen LogP contribution in [0.1, 0.15) is 28.5 Å². The minimum absolute atomic E-state index is 0.0195. The van der Waals surface area contributed by atoms with Crippen molar-refractivity contribution < 1.29 is 4.79 Å². The Balaban J connectivity index is 0.000000180. The number of primary amides is 1. The highest BCUT2D eigenvalue weighted by molar-refractivity contribution is 6.03. The van der Waals surface area contributed by atoms with Gasteiger partial charge in [-0.3, -0.25) is 14.2 Å². The summed E-state index contributed by atoms with van der Waals surface area (Å²) in [4.78, 5) is 27.9. The van der Waals surface area contributed by atoms with Gasteiger partial charge in [0.15, 0.2) is 11.5 Å². The molecule has 0 aliphatic rings. The quantitative estimate of drug-likeness (QED) is 0.431. The van der Waals surface area contributed by atoms with E-state index in [1.54, 1.807) is 29.1 Å². The summed E-state index contributed by atoms with van der Waals surface area (Å²) in [5.74, 6) is -0.516. The van der Waals surface area contributed by atoms with Crippen LogP contribution < -0.4 is 17.0 Å². The van der Waals surface area contributed by atoms with Gasteiger partial charge < -0.3 is 11.5 Å². The topological polar surface area (TPSA) is 121 Å². The van der Waals surface area contributed by atoms with E-state index in [2.05, 4.69) is 29.7 Å². The second-order valence-electron chi connectivity index (χ2n) is 7.49. The zero-order valence-electron chi connectivity index (χ0n) is 18.7. The SMILES string of the molecule is C=Cc1cccc2cc(CC)n(-c3ccccc3)c(=O)c12.NC(=O)c1c(N)nn2cccnc12. The average Bonchev–Trinajstić information content (AvgIpc) is 3.20. The van der Waals surface area contributed by atoms with Crippen LogP contribution in [0.4, 0.5) is 5.82 Å². The molecule has 1 amide bonds. The molecule has 0 aliphatic heterocycles. The van der Waals surface area contributed by atoms with Crippen LogP contribution in [0.5, 0.6) is 0 Å². The normalized spacial score (nSPS) is 10.6. The molecule has 0 unspecified atom stereocenters. The Bertz CT molecular complexity index is 1570. The zero-order valence-corrected chi connectivity index (χ0v) is 18.7. The average molecular weight is 453 g/mol. The van der Waals surface area contributed by atoms with Crippen molar-refractivity contribution in [1.29, 1.82) is 0 Å². The molecule has 34 heavy (non-hydrogen) atoms. The predicted octanol–water partition coefficient (Wildman–Crippen LogP) is 3.61. The third kappa shape index (κ3) is 4.04. The van der Waals surface area contributed by atoms with Crippen LogP contribution in [0.15, 0.2) is 84.4 Å². The molecule has 4 N–H and O–H groups in total. The molecule has 0 atom stereocenters. The molecular weight excluding hydrogens is 428 g/mol. The number of anilines is 1. The smallest absolute Gasteiger partial charge is 0.263 e. The molecule has 0 bridgehead atoms. The molecule has 8 heteroatoms. The van der Waals surface area contributed by atoms with E-state index >= 15 is 0 Å². The highest BCUT2D eigenvalue weighted by Gasteiger charge is 2.15. The maximum atomic E-state index is 13.0. The molecule has 5 aromatic rings. The molecule has 0 fully saturated rings. The van der Waals surface area contributed by atoms with E-state index in [1.807, 2.05) is 48.5 Å². The summed E-state index contributed by atoms with van der Waals surface area (Å²) in [7, 11) is 0. The predicted molar refractivity (Wildman–Crippen MR) is 135 cm³/mol. The number of aromatic nitrogens is 4. The van der Waals surface area contributed by atoms with Crippen molar-refractivity contribution in [3.8, 4) is 5.69 Å². The highest BCUT2D eigenvalue weighted by atomic mass is 16.1. The van der Waals surface area contributed by atoms with Gasteiger partial charge in [-0.15, -0.1) is 5.10 Å². The van der Waals surface area contributed by atoms with Crippen LogP contribution in [0.3, 0.4) is 0 Å². The number of nitrogens with zero attached hydrogens (tertiary/aromatic N) is 4.